The van der Waals surface area contributed by atoms with E-state index in [1.165, 1.54) is 19.2 Å². The molecule has 3 atom stereocenters. The number of carbonyl (C=O) groups is 2. The van der Waals surface area contributed by atoms with Crippen LogP contribution in [0.25, 0.3) is 0 Å². The van der Waals surface area contributed by atoms with Crippen LogP contribution in [0.4, 0.5) is 14.9 Å². The molecule has 0 spiro atoms. The molecular formula is C29H39FN4O6S. The molecule has 2 aromatic rings. The van der Waals surface area contributed by atoms with Crippen LogP contribution in [-0.2, 0) is 10.0 Å². The molecule has 41 heavy (non-hydrogen) atoms. The molecule has 10 nitrogen and oxygen atoms in total. The molecule has 0 unspecified atom stereocenters. The van der Waals surface area contributed by atoms with Crippen molar-refractivity contribution in [1.82, 2.24) is 14.5 Å². The van der Waals surface area contributed by atoms with Gasteiger partial charge in [-0.25, -0.2) is 17.6 Å². The molecule has 1 aliphatic heterocycles. The number of halogens is 1. The minimum Gasteiger partial charge on any atom is -0.486 e. The van der Waals surface area contributed by atoms with Crippen LogP contribution in [0.1, 0.15) is 56.3 Å². The maximum atomic E-state index is 13.7. The summed E-state index contributed by atoms with van der Waals surface area (Å²) in [5, 5.41) is 15.7. The van der Waals surface area contributed by atoms with E-state index in [9.17, 15) is 27.5 Å². The van der Waals surface area contributed by atoms with Crippen LogP contribution in [-0.4, -0.2) is 79.6 Å². The van der Waals surface area contributed by atoms with E-state index in [4.69, 9.17) is 4.74 Å². The van der Waals surface area contributed by atoms with Crippen molar-refractivity contribution in [3.05, 3.63) is 53.8 Å². The van der Waals surface area contributed by atoms with Crippen LogP contribution in [0.5, 0.6) is 5.75 Å². The Balaban J connectivity index is 1.65. The molecule has 224 valence electrons. The number of para-hydroxylation sites is 1. The van der Waals surface area contributed by atoms with Crippen molar-refractivity contribution < 1.29 is 32.2 Å². The lowest BCUT2D eigenvalue weighted by Gasteiger charge is -2.38. The second-order valence-corrected chi connectivity index (χ2v) is 13.0. The second-order valence-electron chi connectivity index (χ2n) is 11.0. The summed E-state index contributed by atoms with van der Waals surface area (Å²) < 4.78 is 47.5. The van der Waals surface area contributed by atoms with Gasteiger partial charge in [0.15, 0.2) is 5.75 Å². The summed E-state index contributed by atoms with van der Waals surface area (Å²) >= 11 is 0. The Labute approximate surface area is 240 Å². The van der Waals surface area contributed by atoms with Gasteiger partial charge in [0, 0.05) is 25.6 Å². The first kappa shape index (κ1) is 30.7. The van der Waals surface area contributed by atoms with Crippen LogP contribution < -0.4 is 15.4 Å². The SMILES string of the molecule is C[C@H]1CN([C@@H](C)CO)C(=O)c2cccc(NC(=O)NC3CCCCC3)c2O[C@@H]1CN(C)S(=O)(=O)c1ccc(F)cc1. The van der Waals surface area contributed by atoms with E-state index in [0.717, 1.165) is 48.5 Å². The number of benzene rings is 2. The average molecular weight is 591 g/mol. The molecule has 0 aromatic heterocycles. The quantitative estimate of drug-likeness (QED) is 0.429. The lowest BCUT2D eigenvalue weighted by molar-refractivity contribution is 0.0389. The Morgan fingerprint density at radius 1 is 1.17 bits per heavy atom. The normalized spacial score (nSPS) is 20.9. The van der Waals surface area contributed by atoms with Gasteiger partial charge in [-0.1, -0.05) is 32.3 Å². The zero-order valence-electron chi connectivity index (χ0n) is 23.7. The Morgan fingerprint density at radius 2 is 1.85 bits per heavy atom. The first-order chi connectivity index (χ1) is 19.5. The lowest BCUT2D eigenvalue weighted by Crippen LogP contribution is -2.50. The van der Waals surface area contributed by atoms with E-state index in [0.29, 0.717) is 0 Å². The van der Waals surface area contributed by atoms with Gasteiger partial charge in [0.1, 0.15) is 11.9 Å². The zero-order chi connectivity index (χ0) is 29.7. The highest BCUT2D eigenvalue weighted by Crippen LogP contribution is 2.35. The van der Waals surface area contributed by atoms with Crippen LogP contribution in [0.3, 0.4) is 0 Å². The van der Waals surface area contributed by atoms with Crippen molar-refractivity contribution in [2.75, 3.05) is 32.1 Å². The van der Waals surface area contributed by atoms with E-state index < -0.39 is 34.0 Å². The van der Waals surface area contributed by atoms with Gasteiger partial charge < -0.3 is 25.4 Å². The molecule has 3 N–H and O–H groups in total. The lowest BCUT2D eigenvalue weighted by atomic mass is 9.96. The van der Waals surface area contributed by atoms with Gasteiger partial charge in [0.25, 0.3) is 5.91 Å². The van der Waals surface area contributed by atoms with Gasteiger partial charge in [-0.05, 0) is 56.2 Å². The number of aliphatic hydroxyl groups is 1. The highest BCUT2D eigenvalue weighted by molar-refractivity contribution is 7.89. The second kappa shape index (κ2) is 13.2. The zero-order valence-corrected chi connectivity index (χ0v) is 24.5. The molecule has 12 heteroatoms. The Kier molecular flexibility index (Phi) is 9.88. The van der Waals surface area contributed by atoms with E-state index in [1.807, 2.05) is 6.92 Å². The molecule has 0 saturated heterocycles. The van der Waals surface area contributed by atoms with Crippen LogP contribution in [0.15, 0.2) is 47.4 Å². The molecule has 2 aliphatic rings. The Bertz CT molecular complexity index is 1330. The fourth-order valence-electron chi connectivity index (χ4n) is 5.29. The standard InChI is InChI=1S/C29H39FN4O6S/c1-19-16-34(20(2)18-35)28(36)24-10-7-11-25(32-29(37)31-22-8-5-4-6-9-22)27(24)40-26(19)17-33(3)41(38,39)23-14-12-21(30)13-15-23/h7,10-15,19-20,22,26,35H,4-6,8-9,16-18H2,1-3H3,(H2,31,32,37)/t19-,20-,26+/m0/s1. The highest BCUT2D eigenvalue weighted by atomic mass is 32.2. The summed E-state index contributed by atoms with van der Waals surface area (Å²) in [6.45, 7) is 3.42. The third-order valence-corrected chi connectivity index (χ3v) is 9.68. The van der Waals surface area contributed by atoms with Gasteiger partial charge in [0.05, 0.1) is 35.3 Å². The molecule has 2 aromatic carbocycles. The monoisotopic (exact) mass is 590 g/mol. The maximum Gasteiger partial charge on any atom is 0.319 e. The molecule has 0 bridgehead atoms. The number of hydrogen-bond donors (Lipinski definition) is 3. The average Bonchev–Trinajstić information content (AvgIpc) is 2.95. The minimum absolute atomic E-state index is 0.0623. The van der Waals surface area contributed by atoms with Crippen molar-refractivity contribution in [3.8, 4) is 5.75 Å². The van der Waals surface area contributed by atoms with Gasteiger partial charge in [-0.2, -0.15) is 4.31 Å². The van der Waals surface area contributed by atoms with Crippen LogP contribution >= 0.6 is 0 Å². The van der Waals surface area contributed by atoms with E-state index in [-0.39, 0.29) is 59.5 Å². The van der Waals surface area contributed by atoms with Crippen molar-refractivity contribution in [2.45, 2.75) is 69.0 Å². The molecule has 1 aliphatic carbocycles. The van der Waals surface area contributed by atoms with E-state index in [1.54, 1.807) is 30.0 Å². The molecule has 4 rings (SSSR count). The smallest absolute Gasteiger partial charge is 0.319 e. The maximum absolute atomic E-state index is 13.7. The number of anilines is 1. The van der Waals surface area contributed by atoms with E-state index >= 15 is 0 Å². The number of likely N-dealkylation sites (N-methyl/N-ethyl adjacent to an activating group) is 1. The number of aliphatic hydroxyl groups excluding tert-OH is 1. The predicted molar refractivity (Wildman–Crippen MR) is 153 cm³/mol. The van der Waals surface area contributed by atoms with Crippen LogP contribution in [0, 0.1) is 11.7 Å². The minimum atomic E-state index is -3.98. The Hall–Kier alpha value is -3.22. The molecule has 1 heterocycles. The van der Waals surface area contributed by atoms with Gasteiger partial charge in [0.2, 0.25) is 10.0 Å². The molecule has 3 amide bonds. The van der Waals surface area contributed by atoms with Crippen molar-refractivity contribution >= 4 is 27.6 Å². The molecule has 0 radical (unpaired) electrons. The number of nitrogens with one attached hydrogen (secondary N) is 2. The third-order valence-electron chi connectivity index (χ3n) is 7.84. The molecular weight excluding hydrogens is 551 g/mol. The number of fused-ring (bicyclic) bond motifs is 1. The fraction of sp³-hybridized carbons (Fsp3) is 0.517. The topological polar surface area (TPSA) is 128 Å². The fourth-order valence-corrected chi connectivity index (χ4v) is 6.47. The summed E-state index contributed by atoms with van der Waals surface area (Å²) in [6, 6.07) is 8.58. The molecule has 1 fully saturated rings. The third kappa shape index (κ3) is 7.17. The van der Waals surface area contributed by atoms with Crippen molar-refractivity contribution in [2.24, 2.45) is 5.92 Å². The number of sulfonamides is 1. The van der Waals surface area contributed by atoms with Gasteiger partial charge in [-0.3, -0.25) is 4.79 Å². The number of carbonyl (C=O) groups excluding carboxylic acids is 2. The summed E-state index contributed by atoms with van der Waals surface area (Å²) in [5.41, 5.74) is 0.477. The first-order valence-corrected chi connectivity index (χ1v) is 15.5. The number of nitrogens with zero attached hydrogens (tertiary/aromatic N) is 2. The number of rotatable bonds is 8. The highest BCUT2D eigenvalue weighted by Gasteiger charge is 2.36. The van der Waals surface area contributed by atoms with Crippen LogP contribution in [0.2, 0.25) is 0 Å². The van der Waals surface area contributed by atoms with Gasteiger partial charge in [-0.15, -0.1) is 0 Å². The molecule has 1 saturated carbocycles. The first-order valence-electron chi connectivity index (χ1n) is 14.0. The predicted octanol–water partition coefficient (Wildman–Crippen LogP) is 3.82. The summed E-state index contributed by atoms with van der Waals surface area (Å²) in [5.74, 6) is -1.14. The Morgan fingerprint density at radius 3 is 2.51 bits per heavy atom. The van der Waals surface area contributed by atoms with Gasteiger partial charge >= 0.3 is 6.03 Å². The number of urea groups is 1. The number of hydrogen-bond acceptors (Lipinski definition) is 6. The van der Waals surface area contributed by atoms with Crippen molar-refractivity contribution in [1.29, 1.82) is 0 Å². The summed E-state index contributed by atoms with van der Waals surface area (Å²) in [6.07, 6.45) is 4.32. The largest absolute Gasteiger partial charge is 0.486 e. The van der Waals surface area contributed by atoms with Crippen molar-refractivity contribution in [3.63, 3.8) is 0 Å². The number of amides is 3. The summed E-state index contributed by atoms with van der Waals surface area (Å²) in [4.78, 5) is 28.1. The van der Waals surface area contributed by atoms with E-state index in [2.05, 4.69) is 10.6 Å². The number of ether oxygens (including phenoxy) is 1. The summed E-state index contributed by atoms with van der Waals surface area (Å²) in [7, 11) is -2.57.